The lowest BCUT2D eigenvalue weighted by atomic mass is 10.1. The van der Waals surface area contributed by atoms with Crippen molar-refractivity contribution in [1.82, 2.24) is 0 Å². The number of carbonyl (C=O) groups is 1. The van der Waals surface area contributed by atoms with Gasteiger partial charge in [0.25, 0.3) is 5.91 Å². The van der Waals surface area contributed by atoms with Crippen molar-refractivity contribution in [3.63, 3.8) is 0 Å². The second kappa shape index (κ2) is 7.68. The molecule has 0 aliphatic rings. The molecular formula is C19H23NO3. The van der Waals surface area contributed by atoms with Crippen molar-refractivity contribution in [3.8, 4) is 11.5 Å². The Hall–Kier alpha value is -2.49. The fourth-order valence-electron chi connectivity index (χ4n) is 2.29. The van der Waals surface area contributed by atoms with Crippen LogP contribution in [0, 0.1) is 13.8 Å². The van der Waals surface area contributed by atoms with Gasteiger partial charge in [0.15, 0.2) is 17.6 Å². The maximum absolute atomic E-state index is 12.5. The molecule has 0 aromatic heterocycles. The van der Waals surface area contributed by atoms with E-state index in [-0.39, 0.29) is 5.91 Å². The van der Waals surface area contributed by atoms with Gasteiger partial charge in [0.1, 0.15) is 0 Å². The first-order valence-electron chi connectivity index (χ1n) is 7.73. The molecule has 23 heavy (non-hydrogen) atoms. The highest BCUT2D eigenvalue weighted by molar-refractivity contribution is 5.95. The summed E-state index contributed by atoms with van der Waals surface area (Å²) < 4.78 is 11.1. The smallest absolute Gasteiger partial charge is 0.265 e. The normalized spacial score (nSPS) is 11.7. The number of amides is 1. The van der Waals surface area contributed by atoms with Gasteiger partial charge in [-0.25, -0.2) is 0 Å². The molecule has 0 saturated heterocycles. The summed E-state index contributed by atoms with van der Waals surface area (Å²) in [5.74, 6) is 1.02. The molecule has 0 aliphatic carbocycles. The molecule has 0 fully saturated rings. The van der Waals surface area contributed by atoms with Crippen LogP contribution in [0.15, 0.2) is 42.5 Å². The van der Waals surface area contributed by atoms with E-state index < -0.39 is 6.10 Å². The molecule has 4 nitrogen and oxygen atoms in total. The van der Waals surface area contributed by atoms with Gasteiger partial charge in [0.2, 0.25) is 0 Å². The van der Waals surface area contributed by atoms with Crippen LogP contribution in [-0.2, 0) is 4.79 Å². The van der Waals surface area contributed by atoms with Crippen molar-refractivity contribution >= 4 is 11.6 Å². The molecule has 1 N–H and O–H groups in total. The summed E-state index contributed by atoms with van der Waals surface area (Å²) in [7, 11) is 1.58. The number of rotatable bonds is 6. The maximum atomic E-state index is 12.5. The molecule has 0 heterocycles. The average Bonchev–Trinajstić information content (AvgIpc) is 2.57. The Bertz CT molecular complexity index is 682. The molecule has 2 aromatic carbocycles. The van der Waals surface area contributed by atoms with Crippen LogP contribution in [0.1, 0.15) is 24.5 Å². The standard InChI is InChI=1S/C19H23NO3/c1-5-16(23-18-12-7-6-11-17(18)22-4)19(21)20-15-10-8-9-13(2)14(15)3/h6-12,16H,5H2,1-4H3,(H,20,21)/t16-/m0/s1. The van der Waals surface area contributed by atoms with Crippen LogP contribution in [0.2, 0.25) is 0 Å². The summed E-state index contributed by atoms with van der Waals surface area (Å²) in [6, 6.07) is 13.2. The van der Waals surface area contributed by atoms with Gasteiger partial charge in [-0.1, -0.05) is 31.2 Å². The fraction of sp³-hybridized carbons (Fsp3) is 0.316. The Labute approximate surface area is 137 Å². The molecule has 122 valence electrons. The molecule has 0 bridgehead atoms. The molecular weight excluding hydrogens is 290 g/mol. The lowest BCUT2D eigenvalue weighted by Crippen LogP contribution is -2.32. The van der Waals surface area contributed by atoms with Crippen molar-refractivity contribution in [2.75, 3.05) is 12.4 Å². The molecule has 0 unspecified atom stereocenters. The first kappa shape index (κ1) is 16.9. The summed E-state index contributed by atoms with van der Waals surface area (Å²) in [5, 5.41) is 2.96. The topological polar surface area (TPSA) is 47.6 Å². The summed E-state index contributed by atoms with van der Waals surface area (Å²) in [6.45, 7) is 5.93. The number of benzene rings is 2. The van der Waals surface area contributed by atoms with Crippen LogP contribution in [-0.4, -0.2) is 19.1 Å². The van der Waals surface area contributed by atoms with Gasteiger partial charge >= 0.3 is 0 Å². The van der Waals surface area contributed by atoms with E-state index in [0.29, 0.717) is 17.9 Å². The van der Waals surface area contributed by atoms with E-state index in [1.807, 2.05) is 57.2 Å². The molecule has 2 rings (SSSR count). The molecule has 0 radical (unpaired) electrons. The average molecular weight is 313 g/mol. The number of aryl methyl sites for hydroxylation is 1. The summed E-state index contributed by atoms with van der Waals surface area (Å²) >= 11 is 0. The molecule has 1 atom stereocenters. The Morgan fingerprint density at radius 2 is 1.78 bits per heavy atom. The van der Waals surface area contributed by atoms with Crippen LogP contribution in [0.25, 0.3) is 0 Å². The number of anilines is 1. The van der Waals surface area contributed by atoms with E-state index in [1.54, 1.807) is 13.2 Å². The minimum Gasteiger partial charge on any atom is -0.493 e. The molecule has 1 amide bonds. The van der Waals surface area contributed by atoms with Crippen molar-refractivity contribution < 1.29 is 14.3 Å². The van der Waals surface area contributed by atoms with Crippen LogP contribution in [0.5, 0.6) is 11.5 Å². The number of nitrogens with one attached hydrogen (secondary N) is 1. The van der Waals surface area contributed by atoms with Gasteiger partial charge < -0.3 is 14.8 Å². The Kier molecular flexibility index (Phi) is 5.63. The van der Waals surface area contributed by atoms with E-state index >= 15 is 0 Å². The second-order valence-electron chi connectivity index (χ2n) is 5.40. The van der Waals surface area contributed by atoms with E-state index in [4.69, 9.17) is 9.47 Å². The van der Waals surface area contributed by atoms with E-state index in [2.05, 4.69) is 5.32 Å². The van der Waals surface area contributed by atoms with Crippen molar-refractivity contribution in [2.45, 2.75) is 33.3 Å². The van der Waals surface area contributed by atoms with Crippen LogP contribution >= 0.6 is 0 Å². The zero-order valence-electron chi connectivity index (χ0n) is 14.1. The van der Waals surface area contributed by atoms with Crippen molar-refractivity contribution in [1.29, 1.82) is 0 Å². The number of hydrogen-bond acceptors (Lipinski definition) is 3. The predicted octanol–water partition coefficient (Wildman–Crippen LogP) is 4.11. The highest BCUT2D eigenvalue weighted by atomic mass is 16.5. The largest absolute Gasteiger partial charge is 0.493 e. The lowest BCUT2D eigenvalue weighted by Gasteiger charge is -2.19. The van der Waals surface area contributed by atoms with Crippen LogP contribution in [0.3, 0.4) is 0 Å². The highest BCUT2D eigenvalue weighted by Gasteiger charge is 2.20. The van der Waals surface area contributed by atoms with E-state index in [0.717, 1.165) is 16.8 Å². The number of carbonyl (C=O) groups excluding carboxylic acids is 1. The Balaban J connectivity index is 2.14. The number of ether oxygens (including phenoxy) is 2. The molecule has 4 heteroatoms. The third kappa shape index (κ3) is 4.03. The monoisotopic (exact) mass is 313 g/mol. The van der Waals surface area contributed by atoms with Crippen molar-refractivity contribution in [2.24, 2.45) is 0 Å². The Morgan fingerprint density at radius 1 is 1.09 bits per heavy atom. The summed E-state index contributed by atoms with van der Waals surface area (Å²) in [4.78, 5) is 12.5. The van der Waals surface area contributed by atoms with Gasteiger partial charge in [-0.2, -0.15) is 0 Å². The first-order valence-corrected chi connectivity index (χ1v) is 7.73. The zero-order chi connectivity index (χ0) is 16.8. The van der Waals surface area contributed by atoms with Gasteiger partial charge in [-0.3, -0.25) is 4.79 Å². The van der Waals surface area contributed by atoms with E-state index in [1.165, 1.54) is 0 Å². The molecule has 2 aromatic rings. The van der Waals surface area contributed by atoms with Crippen LogP contribution < -0.4 is 14.8 Å². The molecule has 0 spiro atoms. The predicted molar refractivity (Wildman–Crippen MR) is 92.2 cm³/mol. The summed E-state index contributed by atoms with van der Waals surface area (Å²) in [6.07, 6.45) is -0.0133. The van der Waals surface area contributed by atoms with Gasteiger partial charge in [0, 0.05) is 5.69 Å². The van der Waals surface area contributed by atoms with Gasteiger partial charge in [-0.15, -0.1) is 0 Å². The van der Waals surface area contributed by atoms with Crippen LogP contribution in [0.4, 0.5) is 5.69 Å². The summed E-state index contributed by atoms with van der Waals surface area (Å²) in [5.41, 5.74) is 3.02. The van der Waals surface area contributed by atoms with Crippen molar-refractivity contribution in [3.05, 3.63) is 53.6 Å². The second-order valence-corrected chi connectivity index (χ2v) is 5.40. The molecule has 0 saturated carbocycles. The maximum Gasteiger partial charge on any atom is 0.265 e. The Morgan fingerprint density at radius 3 is 2.43 bits per heavy atom. The lowest BCUT2D eigenvalue weighted by molar-refractivity contribution is -0.122. The number of para-hydroxylation sites is 2. The third-order valence-corrected chi connectivity index (χ3v) is 3.86. The molecule has 0 aliphatic heterocycles. The quantitative estimate of drug-likeness (QED) is 0.873. The minimum atomic E-state index is -0.578. The fourth-order valence-corrected chi connectivity index (χ4v) is 2.29. The number of methoxy groups -OCH3 is 1. The number of hydrogen-bond donors (Lipinski definition) is 1. The van der Waals surface area contributed by atoms with Gasteiger partial charge in [-0.05, 0) is 49.6 Å². The zero-order valence-corrected chi connectivity index (χ0v) is 14.1. The van der Waals surface area contributed by atoms with E-state index in [9.17, 15) is 4.79 Å². The SMILES string of the molecule is CC[C@H](Oc1ccccc1OC)C(=O)Nc1cccc(C)c1C. The highest BCUT2D eigenvalue weighted by Crippen LogP contribution is 2.28. The third-order valence-electron chi connectivity index (χ3n) is 3.86. The first-order chi connectivity index (χ1) is 11.1. The van der Waals surface area contributed by atoms with Gasteiger partial charge in [0.05, 0.1) is 7.11 Å². The minimum absolute atomic E-state index is 0.160.